The van der Waals surface area contributed by atoms with E-state index in [4.69, 9.17) is 0 Å². The summed E-state index contributed by atoms with van der Waals surface area (Å²) >= 11 is 0. The molecule has 1 N–H and O–H groups in total. The maximum Gasteiger partial charge on any atom is 0.0246 e. The molecule has 21 heavy (non-hydrogen) atoms. The van der Waals surface area contributed by atoms with Gasteiger partial charge < -0.3 is 5.32 Å². The zero-order valence-corrected chi connectivity index (χ0v) is 12.5. The molecule has 2 aromatic rings. The Bertz CT molecular complexity index is 550. The Morgan fingerprint density at radius 2 is 1.43 bits per heavy atom. The van der Waals surface area contributed by atoms with Crippen molar-refractivity contribution in [3.05, 3.63) is 71.8 Å². The average Bonchev–Trinajstić information content (AvgIpc) is 3.05. The molecule has 108 valence electrons. The normalized spacial score (nSPS) is 27.2. The van der Waals surface area contributed by atoms with Crippen LogP contribution < -0.4 is 5.32 Å². The molecule has 2 fully saturated rings. The molecule has 0 bridgehead atoms. The van der Waals surface area contributed by atoms with Gasteiger partial charge in [-0.1, -0.05) is 67.1 Å². The van der Waals surface area contributed by atoms with Crippen LogP contribution in [-0.2, 0) is 5.41 Å². The molecule has 1 heterocycles. The predicted molar refractivity (Wildman–Crippen MR) is 87.4 cm³/mol. The fourth-order valence-corrected chi connectivity index (χ4v) is 4.80. The van der Waals surface area contributed by atoms with E-state index in [0.717, 1.165) is 18.4 Å². The Morgan fingerprint density at radius 1 is 0.810 bits per heavy atom. The van der Waals surface area contributed by atoms with Crippen LogP contribution in [0.1, 0.15) is 30.4 Å². The van der Waals surface area contributed by atoms with Gasteiger partial charge in [-0.05, 0) is 48.9 Å². The number of hydrogen-bond donors (Lipinski definition) is 1. The molecule has 2 unspecified atom stereocenters. The fraction of sp³-hybridized carbons (Fsp3) is 0.400. The van der Waals surface area contributed by atoms with E-state index in [1.165, 1.54) is 36.9 Å². The summed E-state index contributed by atoms with van der Waals surface area (Å²) in [6.07, 6.45) is 4.01. The van der Waals surface area contributed by atoms with E-state index in [2.05, 4.69) is 66.0 Å². The van der Waals surface area contributed by atoms with E-state index in [0.29, 0.717) is 0 Å². The summed E-state index contributed by atoms with van der Waals surface area (Å²) in [7, 11) is 0. The molecule has 2 aromatic carbocycles. The van der Waals surface area contributed by atoms with E-state index < -0.39 is 0 Å². The van der Waals surface area contributed by atoms with Crippen molar-refractivity contribution in [2.24, 2.45) is 11.8 Å². The van der Waals surface area contributed by atoms with Crippen molar-refractivity contribution in [2.75, 3.05) is 13.1 Å². The van der Waals surface area contributed by atoms with E-state index >= 15 is 0 Å². The minimum Gasteiger partial charge on any atom is -0.316 e. The van der Waals surface area contributed by atoms with Crippen LogP contribution in [0, 0.1) is 11.8 Å². The SMILES string of the molecule is c1ccc(C2(c3ccccc3)CCCC3CNCC32)cc1. The summed E-state index contributed by atoms with van der Waals surface area (Å²) in [6.45, 7) is 2.36. The Hall–Kier alpha value is -1.60. The minimum atomic E-state index is 0.203. The van der Waals surface area contributed by atoms with Gasteiger partial charge in [0, 0.05) is 5.41 Å². The molecule has 1 heteroatoms. The fourth-order valence-electron chi connectivity index (χ4n) is 4.80. The largest absolute Gasteiger partial charge is 0.316 e. The first-order valence-corrected chi connectivity index (χ1v) is 8.23. The van der Waals surface area contributed by atoms with Crippen molar-refractivity contribution < 1.29 is 0 Å². The van der Waals surface area contributed by atoms with E-state index in [1.54, 1.807) is 0 Å². The lowest BCUT2D eigenvalue weighted by Crippen LogP contribution is -2.43. The molecule has 2 atom stereocenters. The summed E-state index contributed by atoms with van der Waals surface area (Å²) in [4.78, 5) is 0. The number of nitrogens with one attached hydrogen (secondary N) is 1. The molecule has 1 aliphatic carbocycles. The highest BCUT2D eigenvalue weighted by atomic mass is 14.9. The highest BCUT2D eigenvalue weighted by Gasteiger charge is 2.49. The van der Waals surface area contributed by atoms with Crippen molar-refractivity contribution in [3.8, 4) is 0 Å². The van der Waals surface area contributed by atoms with Gasteiger partial charge in [-0.15, -0.1) is 0 Å². The first-order valence-electron chi connectivity index (χ1n) is 8.23. The highest BCUT2D eigenvalue weighted by molar-refractivity contribution is 5.42. The number of benzene rings is 2. The van der Waals surface area contributed by atoms with Crippen LogP contribution in [-0.4, -0.2) is 13.1 Å². The molecule has 1 saturated heterocycles. The Labute approximate surface area is 127 Å². The van der Waals surface area contributed by atoms with E-state index in [1.807, 2.05) is 0 Å². The third kappa shape index (κ3) is 2.03. The van der Waals surface area contributed by atoms with Crippen LogP contribution >= 0.6 is 0 Å². The molecule has 4 rings (SSSR count). The summed E-state index contributed by atoms with van der Waals surface area (Å²) in [6, 6.07) is 22.4. The zero-order valence-electron chi connectivity index (χ0n) is 12.5. The van der Waals surface area contributed by atoms with Crippen molar-refractivity contribution in [1.82, 2.24) is 5.32 Å². The standard InChI is InChI=1S/C20H23N/c1-3-9-17(10-4-1)20(18-11-5-2-6-12-18)13-7-8-16-14-21-15-19(16)20/h1-6,9-12,16,19,21H,7-8,13-15H2. The van der Waals surface area contributed by atoms with Crippen molar-refractivity contribution in [1.29, 1.82) is 0 Å². The molecule has 1 saturated carbocycles. The molecule has 1 nitrogen and oxygen atoms in total. The van der Waals surface area contributed by atoms with Gasteiger partial charge >= 0.3 is 0 Å². The quantitative estimate of drug-likeness (QED) is 0.875. The summed E-state index contributed by atoms with van der Waals surface area (Å²) in [5.41, 5.74) is 3.22. The Balaban J connectivity index is 1.90. The third-order valence-electron chi connectivity index (χ3n) is 5.70. The van der Waals surface area contributed by atoms with Gasteiger partial charge in [-0.3, -0.25) is 0 Å². The van der Waals surface area contributed by atoms with Crippen LogP contribution in [0.3, 0.4) is 0 Å². The topological polar surface area (TPSA) is 12.0 Å². The average molecular weight is 277 g/mol. The van der Waals surface area contributed by atoms with Crippen LogP contribution in [0.15, 0.2) is 60.7 Å². The second-order valence-corrected chi connectivity index (χ2v) is 6.62. The van der Waals surface area contributed by atoms with Crippen molar-refractivity contribution in [3.63, 3.8) is 0 Å². The minimum absolute atomic E-state index is 0.203. The Morgan fingerprint density at radius 3 is 2.05 bits per heavy atom. The maximum absolute atomic E-state index is 3.66. The maximum atomic E-state index is 3.66. The lowest BCUT2D eigenvalue weighted by atomic mass is 9.57. The van der Waals surface area contributed by atoms with Crippen LogP contribution in [0.25, 0.3) is 0 Å². The molecule has 2 aliphatic rings. The van der Waals surface area contributed by atoms with Gasteiger partial charge in [0.15, 0.2) is 0 Å². The smallest absolute Gasteiger partial charge is 0.0246 e. The van der Waals surface area contributed by atoms with E-state index in [-0.39, 0.29) is 5.41 Å². The first-order chi connectivity index (χ1) is 10.4. The lowest BCUT2D eigenvalue weighted by molar-refractivity contribution is 0.189. The van der Waals surface area contributed by atoms with Crippen LogP contribution in [0.5, 0.6) is 0 Å². The molecule has 0 amide bonds. The number of hydrogen-bond acceptors (Lipinski definition) is 1. The zero-order chi connectivity index (χ0) is 14.1. The molecule has 1 aliphatic heterocycles. The van der Waals surface area contributed by atoms with Crippen molar-refractivity contribution in [2.45, 2.75) is 24.7 Å². The number of rotatable bonds is 2. The highest BCUT2D eigenvalue weighted by Crippen LogP contribution is 2.51. The second kappa shape index (κ2) is 5.31. The first kappa shape index (κ1) is 13.1. The van der Waals surface area contributed by atoms with Gasteiger partial charge in [0.25, 0.3) is 0 Å². The van der Waals surface area contributed by atoms with Gasteiger partial charge in [0.05, 0.1) is 0 Å². The lowest BCUT2D eigenvalue weighted by Gasteiger charge is -2.46. The summed E-state index contributed by atoms with van der Waals surface area (Å²) in [5.74, 6) is 1.57. The van der Waals surface area contributed by atoms with Gasteiger partial charge in [0.1, 0.15) is 0 Å². The molecular weight excluding hydrogens is 254 g/mol. The van der Waals surface area contributed by atoms with Crippen LogP contribution in [0.2, 0.25) is 0 Å². The molecular formula is C20H23N. The van der Waals surface area contributed by atoms with E-state index in [9.17, 15) is 0 Å². The number of fused-ring (bicyclic) bond motifs is 1. The summed E-state index contributed by atoms with van der Waals surface area (Å²) < 4.78 is 0. The van der Waals surface area contributed by atoms with Crippen molar-refractivity contribution >= 4 is 0 Å². The van der Waals surface area contributed by atoms with Crippen LogP contribution in [0.4, 0.5) is 0 Å². The summed E-state index contributed by atoms with van der Waals surface area (Å²) in [5, 5.41) is 3.66. The van der Waals surface area contributed by atoms with Gasteiger partial charge in [0.2, 0.25) is 0 Å². The van der Waals surface area contributed by atoms with Gasteiger partial charge in [-0.25, -0.2) is 0 Å². The predicted octanol–water partition coefficient (Wildman–Crippen LogP) is 3.99. The molecule has 0 radical (unpaired) electrons. The monoisotopic (exact) mass is 277 g/mol. The molecule has 0 spiro atoms. The van der Waals surface area contributed by atoms with Gasteiger partial charge in [-0.2, -0.15) is 0 Å². The third-order valence-corrected chi connectivity index (χ3v) is 5.70. The Kier molecular flexibility index (Phi) is 3.31. The molecule has 0 aromatic heterocycles. The second-order valence-electron chi connectivity index (χ2n) is 6.62.